The molecule has 0 saturated carbocycles. The predicted octanol–water partition coefficient (Wildman–Crippen LogP) is 5.35. The van der Waals surface area contributed by atoms with Crippen molar-refractivity contribution in [1.82, 2.24) is 10.7 Å². The second-order valence-electron chi connectivity index (χ2n) is 7.92. The number of hydrogen-bond acceptors (Lipinski definition) is 4. The van der Waals surface area contributed by atoms with E-state index in [1.807, 2.05) is 24.3 Å². The van der Waals surface area contributed by atoms with Gasteiger partial charge in [0.1, 0.15) is 5.75 Å². The second-order valence-corrected chi connectivity index (χ2v) is 7.92. The van der Waals surface area contributed by atoms with Gasteiger partial charge in [-0.2, -0.15) is 5.10 Å². The van der Waals surface area contributed by atoms with Crippen LogP contribution in [0.3, 0.4) is 0 Å². The Kier molecular flexibility index (Phi) is 15.8. The van der Waals surface area contributed by atoms with Crippen LogP contribution in [-0.2, 0) is 9.59 Å². The van der Waals surface area contributed by atoms with E-state index in [2.05, 4.69) is 29.7 Å². The van der Waals surface area contributed by atoms with Gasteiger partial charge < -0.3 is 10.1 Å². The first kappa shape index (κ1) is 26.7. The van der Waals surface area contributed by atoms with Crippen LogP contribution in [0.1, 0.15) is 96.5 Å². The van der Waals surface area contributed by atoms with Gasteiger partial charge in [-0.05, 0) is 42.7 Å². The fourth-order valence-electron chi connectivity index (χ4n) is 3.07. The van der Waals surface area contributed by atoms with Crippen molar-refractivity contribution < 1.29 is 14.3 Å². The van der Waals surface area contributed by atoms with Gasteiger partial charge in [-0.3, -0.25) is 9.59 Å². The molecule has 174 valence electrons. The first-order chi connectivity index (χ1) is 15.2. The molecule has 6 heteroatoms. The number of carbonyl (C=O) groups excluding carboxylic acids is 2. The molecule has 0 aliphatic carbocycles. The number of unbranched alkanes of at least 4 members (excludes halogenated alkanes) is 9. The molecule has 0 fully saturated rings. The van der Waals surface area contributed by atoms with Gasteiger partial charge in [-0.15, -0.1) is 0 Å². The number of ether oxygens (including phenoxy) is 1. The number of carbonyl (C=O) groups is 2. The quantitative estimate of drug-likeness (QED) is 0.187. The Hall–Kier alpha value is -2.37. The summed E-state index contributed by atoms with van der Waals surface area (Å²) < 4.78 is 5.61. The highest BCUT2D eigenvalue weighted by molar-refractivity contribution is 5.86. The van der Waals surface area contributed by atoms with Gasteiger partial charge in [0.25, 0.3) is 5.91 Å². The van der Waals surface area contributed by atoms with E-state index in [0.29, 0.717) is 13.0 Å². The van der Waals surface area contributed by atoms with Crippen LogP contribution in [0.25, 0.3) is 0 Å². The van der Waals surface area contributed by atoms with Crippen LogP contribution in [-0.4, -0.2) is 31.2 Å². The largest absolute Gasteiger partial charge is 0.494 e. The summed E-state index contributed by atoms with van der Waals surface area (Å²) in [5, 5.41) is 6.58. The Morgan fingerprint density at radius 1 is 0.839 bits per heavy atom. The van der Waals surface area contributed by atoms with Crippen molar-refractivity contribution in [2.45, 2.75) is 90.9 Å². The van der Waals surface area contributed by atoms with E-state index in [1.54, 1.807) is 6.21 Å². The first-order valence-electron chi connectivity index (χ1n) is 12.0. The monoisotopic (exact) mass is 431 g/mol. The lowest BCUT2D eigenvalue weighted by Crippen LogP contribution is -2.34. The third kappa shape index (κ3) is 15.1. The molecule has 0 unspecified atom stereocenters. The molecule has 0 spiro atoms. The predicted molar refractivity (Wildman–Crippen MR) is 127 cm³/mol. The summed E-state index contributed by atoms with van der Waals surface area (Å²) in [6, 6.07) is 7.52. The summed E-state index contributed by atoms with van der Waals surface area (Å²) in [4.78, 5) is 23.6. The number of nitrogens with one attached hydrogen (secondary N) is 2. The van der Waals surface area contributed by atoms with E-state index in [9.17, 15) is 9.59 Å². The Morgan fingerprint density at radius 2 is 1.45 bits per heavy atom. The number of nitrogens with zero attached hydrogens (tertiary/aromatic N) is 1. The second kappa shape index (κ2) is 18.4. The number of hydrogen-bond donors (Lipinski definition) is 2. The number of rotatable bonds is 18. The lowest BCUT2D eigenvalue weighted by Gasteiger charge is -2.05. The number of amides is 2. The maximum absolute atomic E-state index is 11.8. The van der Waals surface area contributed by atoms with Crippen LogP contribution in [0.15, 0.2) is 29.4 Å². The topological polar surface area (TPSA) is 79.8 Å². The fourth-order valence-corrected chi connectivity index (χ4v) is 3.07. The zero-order chi connectivity index (χ0) is 22.6. The minimum absolute atomic E-state index is 0.0577. The molecule has 0 atom stereocenters. The average Bonchev–Trinajstić information content (AvgIpc) is 2.78. The summed E-state index contributed by atoms with van der Waals surface area (Å²) in [5.74, 6) is 0.404. The summed E-state index contributed by atoms with van der Waals surface area (Å²) in [7, 11) is 0. The molecule has 2 N–H and O–H groups in total. The zero-order valence-corrected chi connectivity index (χ0v) is 19.5. The standard InChI is InChI=1S/C25H41N3O3/c1-3-5-7-8-9-10-11-12-13-14-24(29)26-21-25(30)28-27-20-22-15-17-23(18-16-22)31-19-6-4-2/h15-18,20H,3-14,19,21H2,1-2H3,(H,26,29)(H,28,30). The highest BCUT2D eigenvalue weighted by Crippen LogP contribution is 2.12. The van der Waals surface area contributed by atoms with Crippen LogP contribution in [0.4, 0.5) is 0 Å². The lowest BCUT2D eigenvalue weighted by atomic mass is 10.1. The van der Waals surface area contributed by atoms with Gasteiger partial charge in [0, 0.05) is 6.42 Å². The first-order valence-corrected chi connectivity index (χ1v) is 12.0. The summed E-state index contributed by atoms with van der Waals surface area (Å²) in [5.41, 5.74) is 3.29. The van der Waals surface area contributed by atoms with Gasteiger partial charge in [0.05, 0.1) is 19.4 Å². The van der Waals surface area contributed by atoms with Crippen molar-refractivity contribution in [2.75, 3.05) is 13.2 Å². The summed E-state index contributed by atoms with van der Waals surface area (Å²) >= 11 is 0. The lowest BCUT2D eigenvalue weighted by molar-refractivity contribution is -0.126. The smallest absolute Gasteiger partial charge is 0.259 e. The summed E-state index contributed by atoms with van der Waals surface area (Å²) in [6.45, 7) is 5.01. The average molecular weight is 432 g/mol. The van der Waals surface area contributed by atoms with E-state index >= 15 is 0 Å². The molecule has 0 heterocycles. The third-order valence-electron chi connectivity index (χ3n) is 5.00. The maximum atomic E-state index is 11.8. The molecular weight excluding hydrogens is 390 g/mol. The molecule has 31 heavy (non-hydrogen) atoms. The molecule has 0 saturated heterocycles. The van der Waals surface area contributed by atoms with Crippen LogP contribution in [0.5, 0.6) is 5.75 Å². The minimum atomic E-state index is -0.337. The zero-order valence-electron chi connectivity index (χ0n) is 19.5. The van der Waals surface area contributed by atoms with E-state index in [-0.39, 0.29) is 18.4 Å². The third-order valence-corrected chi connectivity index (χ3v) is 5.00. The highest BCUT2D eigenvalue weighted by atomic mass is 16.5. The molecule has 0 aliphatic heterocycles. The Morgan fingerprint density at radius 3 is 2.10 bits per heavy atom. The summed E-state index contributed by atoms with van der Waals surface area (Å²) in [6.07, 6.45) is 15.1. The molecule has 6 nitrogen and oxygen atoms in total. The van der Waals surface area contributed by atoms with E-state index in [1.165, 1.54) is 44.9 Å². The van der Waals surface area contributed by atoms with Gasteiger partial charge in [-0.25, -0.2) is 5.43 Å². The molecule has 1 aromatic carbocycles. The van der Waals surface area contributed by atoms with Gasteiger partial charge in [0.15, 0.2) is 0 Å². The van der Waals surface area contributed by atoms with Crippen molar-refractivity contribution in [3.63, 3.8) is 0 Å². The van der Waals surface area contributed by atoms with Gasteiger partial charge >= 0.3 is 0 Å². The molecule has 0 aliphatic rings. The Bertz CT molecular complexity index is 629. The normalized spacial score (nSPS) is 10.9. The van der Waals surface area contributed by atoms with Crippen molar-refractivity contribution in [3.05, 3.63) is 29.8 Å². The van der Waals surface area contributed by atoms with Crippen molar-refractivity contribution >= 4 is 18.0 Å². The maximum Gasteiger partial charge on any atom is 0.259 e. The van der Waals surface area contributed by atoms with Gasteiger partial charge in [-0.1, -0.05) is 71.6 Å². The van der Waals surface area contributed by atoms with Crippen molar-refractivity contribution in [3.8, 4) is 5.75 Å². The van der Waals surface area contributed by atoms with Crippen LogP contribution < -0.4 is 15.5 Å². The SMILES string of the molecule is CCCCCCCCCCCC(=O)NCC(=O)NN=Cc1ccc(OCCCC)cc1. The van der Waals surface area contributed by atoms with E-state index in [4.69, 9.17) is 4.74 Å². The molecule has 0 aromatic heterocycles. The molecule has 0 radical (unpaired) electrons. The Balaban J connectivity index is 2.07. The van der Waals surface area contributed by atoms with E-state index < -0.39 is 0 Å². The molecule has 1 rings (SSSR count). The number of benzene rings is 1. The molecule has 1 aromatic rings. The van der Waals surface area contributed by atoms with Crippen LogP contribution >= 0.6 is 0 Å². The molecule has 2 amide bonds. The van der Waals surface area contributed by atoms with E-state index in [0.717, 1.165) is 37.0 Å². The number of hydrazone groups is 1. The molecule has 0 bridgehead atoms. The Labute approximate surface area is 188 Å². The fraction of sp³-hybridized carbons (Fsp3) is 0.640. The van der Waals surface area contributed by atoms with Crippen molar-refractivity contribution in [2.24, 2.45) is 5.10 Å². The van der Waals surface area contributed by atoms with Crippen LogP contribution in [0.2, 0.25) is 0 Å². The minimum Gasteiger partial charge on any atom is -0.494 e. The molecular formula is C25H41N3O3. The van der Waals surface area contributed by atoms with Gasteiger partial charge in [0.2, 0.25) is 5.91 Å². The highest BCUT2D eigenvalue weighted by Gasteiger charge is 2.04. The van der Waals surface area contributed by atoms with Crippen molar-refractivity contribution in [1.29, 1.82) is 0 Å². The van der Waals surface area contributed by atoms with Crippen LogP contribution in [0, 0.1) is 0 Å².